The van der Waals surface area contributed by atoms with Gasteiger partial charge in [-0.25, -0.2) is 9.50 Å². The number of hydrogen-bond donors (Lipinski definition) is 1. The molecule has 2 N–H and O–H groups in total. The van der Waals surface area contributed by atoms with Crippen LogP contribution in [0.2, 0.25) is 0 Å². The number of carbonyl (C=O) groups excluding carboxylic acids is 2. The number of likely N-dealkylation sites (tertiary alicyclic amines) is 1. The standard InChI is InChI=1S/C24H30N6O2S/c1-15-13-30-22(26-23(15)28-9-6-17(25)14-28)12-19(27-30)20-5-3-4-8-29(20)24(32)18-7-10-33-21(18)11-16(2)31/h7,10,12-13,17,20H,3-6,8-9,11,14,25H2,1-2H3/t17-,20-/m0/s1. The fourth-order valence-corrected chi connectivity index (χ4v) is 5.95. The average Bonchev–Trinajstić information content (AvgIpc) is 3.52. The second-order valence-corrected chi connectivity index (χ2v) is 10.3. The average molecular weight is 467 g/mol. The van der Waals surface area contributed by atoms with Gasteiger partial charge in [0.25, 0.3) is 5.91 Å². The van der Waals surface area contributed by atoms with Gasteiger partial charge in [-0.1, -0.05) is 0 Å². The summed E-state index contributed by atoms with van der Waals surface area (Å²) in [5.41, 5.74) is 9.47. The lowest BCUT2D eigenvalue weighted by Crippen LogP contribution is -2.39. The largest absolute Gasteiger partial charge is 0.355 e. The first-order valence-electron chi connectivity index (χ1n) is 11.6. The minimum absolute atomic E-state index is 0.00913. The van der Waals surface area contributed by atoms with Gasteiger partial charge in [0.1, 0.15) is 11.6 Å². The molecule has 8 nitrogen and oxygen atoms in total. The number of thiophene rings is 1. The van der Waals surface area contributed by atoms with Crippen molar-refractivity contribution < 1.29 is 9.59 Å². The third-order valence-corrected chi connectivity index (χ3v) is 7.56. The Morgan fingerprint density at radius 3 is 2.85 bits per heavy atom. The number of anilines is 1. The number of nitrogens with zero attached hydrogens (tertiary/aromatic N) is 5. The summed E-state index contributed by atoms with van der Waals surface area (Å²) in [6.07, 6.45) is 6.19. The van der Waals surface area contributed by atoms with Crippen molar-refractivity contribution in [2.45, 2.75) is 58.0 Å². The Balaban J connectivity index is 1.45. The molecule has 0 saturated carbocycles. The van der Waals surface area contributed by atoms with Gasteiger partial charge >= 0.3 is 0 Å². The van der Waals surface area contributed by atoms with Crippen molar-refractivity contribution in [3.8, 4) is 0 Å². The summed E-state index contributed by atoms with van der Waals surface area (Å²) < 4.78 is 1.83. The monoisotopic (exact) mass is 466 g/mol. The number of piperidine rings is 1. The topological polar surface area (TPSA) is 96.8 Å². The molecule has 0 unspecified atom stereocenters. The maximum Gasteiger partial charge on any atom is 0.255 e. The molecule has 2 fully saturated rings. The molecule has 2 saturated heterocycles. The Bertz CT molecular complexity index is 1200. The van der Waals surface area contributed by atoms with E-state index in [1.807, 2.05) is 33.1 Å². The summed E-state index contributed by atoms with van der Waals surface area (Å²) in [6.45, 7) is 6.04. The zero-order chi connectivity index (χ0) is 23.1. The van der Waals surface area contributed by atoms with E-state index >= 15 is 0 Å². The van der Waals surface area contributed by atoms with E-state index in [0.717, 1.165) is 66.4 Å². The SMILES string of the molecule is CC(=O)Cc1sccc1C(=O)N1CCCC[C@H]1c1cc2nc(N3CC[C@H](N)C3)c(C)cn2n1. The fourth-order valence-electron chi connectivity index (χ4n) is 5.01. The molecule has 3 aromatic heterocycles. The summed E-state index contributed by atoms with van der Waals surface area (Å²) in [5, 5.41) is 6.73. The van der Waals surface area contributed by atoms with Crippen molar-refractivity contribution >= 4 is 34.5 Å². The molecule has 2 aliphatic heterocycles. The van der Waals surface area contributed by atoms with Crippen LogP contribution >= 0.6 is 11.3 Å². The minimum atomic E-state index is -0.0954. The summed E-state index contributed by atoms with van der Waals surface area (Å²) in [4.78, 5) is 35.1. The third kappa shape index (κ3) is 4.27. The first kappa shape index (κ1) is 22.0. The van der Waals surface area contributed by atoms with E-state index in [4.69, 9.17) is 15.8 Å². The number of fused-ring (bicyclic) bond motifs is 1. The van der Waals surface area contributed by atoms with Crippen LogP contribution in [-0.4, -0.2) is 56.9 Å². The van der Waals surface area contributed by atoms with E-state index in [9.17, 15) is 9.59 Å². The number of nitrogens with two attached hydrogens (primary N) is 1. The van der Waals surface area contributed by atoms with E-state index in [1.54, 1.807) is 6.92 Å². The van der Waals surface area contributed by atoms with Gasteiger partial charge in [0, 0.05) is 54.8 Å². The molecule has 2 atom stereocenters. The molecule has 33 heavy (non-hydrogen) atoms. The lowest BCUT2D eigenvalue weighted by atomic mass is 9.98. The van der Waals surface area contributed by atoms with Crippen LogP contribution in [0.1, 0.15) is 65.1 Å². The van der Waals surface area contributed by atoms with Crippen molar-refractivity contribution in [3.63, 3.8) is 0 Å². The molecule has 174 valence electrons. The molecule has 0 aromatic carbocycles. The van der Waals surface area contributed by atoms with Gasteiger partial charge in [0.2, 0.25) is 0 Å². The molecule has 0 radical (unpaired) electrons. The quantitative estimate of drug-likeness (QED) is 0.621. The highest BCUT2D eigenvalue weighted by molar-refractivity contribution is 7.10. The van der Waals surface area contributed by atoms with Gasteiger partial charge < -0.3 is 15.5 Å². The van der Waals surface area contributed by atoms with Crippen molar-refractivity contribution in [1.29, 1.82) is 0 Å². The molecule has 5 rings (SSSR count). The summed E-state index contributed by atoms with van der Waals surface area (Å²) in [5.74, 6) is 1.02. The van der Waals surface area contributed by atoms with Gasteiger partial charge in [-0.15, -0.1) is 11.3 Å². The predicted octanol–water partition coefficient (Wildman–Crippen LogP) is 3.14. The normalized spacial score (nSPS) is 21.2. The molecule has 0 spiro atoms. The van der Waals surface area contributed by atoms with E-state index in [2.05, 4.69) is 11.8 Å². The lowest BCUT2D eigenvalue weighted by Gasteiger charge is -2.34. The number of Topliss-reactive ketones (excluding diaryl/α,β-unsaturated/α-hetero) is 1. The Kier molecular flexibility index (Phi) is 5.92. The zero-order valence-corrected chi connectivity index (χ0v) is 20.0. The van der Waals surface area contributed by atoms with Crippen LogP contribution in [0, 0.1) is 6.92 Å². The van der Waals surface area contributed by atoms with Crippen LogP contribution in [0.4, 0.5) is 5.82 Å². The highest BCUT2D eigenvalue weighted by Crippen LogP contribution is 2.34. The highest BCUT2D eigenvalue weighted by atomic mass is 32.1. The Hall–Kier alpha value is -2.78. The smallest absolute Gasteiger partial charge is 0.255 e. The number of hydrogen-bond acceptors (Lipinski definition) is 7. The van der Waals surface area contributed by atoms with E-state index in [-0.39, 0.29) is 23.8 Å². The molecule has 0 aliphatic carbocycles. The van der Waals surface area contributed by atoms with Crippen LogP contribution in [0.15, 0.2) is 23.7 Å². The van der Waals surface area contributed by atoms with Crippen molar-refractivity contribution in [2.24, 2.45) is 5.73 Å². The number of amides is 1. The number of ketones is 1. The molecular formula is C24H30N6O2S. The van der Waals surface area contributed by atoms with Gasteiger partial charge in [0.15, 0.2) is 5.65 Å². The molecule has 1 amide bonds. The van der Waals surface area contributed by atoms with E-state index < -0.39 is 0 Å². The molecular weight excluding hydrogens is 436 g/mol. The first-order chi connectivity index (χ1) is 15.9. The molecule has 9 heteroatoms. The van der Waals surface area contributed by atoms with Gasteiger partial charge in [-0.05, 0) is 51.0 Å². The molecule has 0 bridgehead atoms. The first-order valence-corrected chi connectivity index (χ1v) is 12.5. The Morgan fingerprint density at radius 2 is 2.09 bits per heavy atom. The molecule has 2 aliphatic rings. The Morgan fingerprint density at radius 1 is 1.24 bits per heavy atom. The molecule has 3 aromatic rings. The minimum Gasteiger partial charge on any atom is -0.355 e. The second-order valence-electron chi connectivity index (χ2n) is 9.26. The van der Waals surface area contributed by atoms with Crippen molar-refractivity contribution in [3.05, 3.63) is 45.4 Å². The maximum absolute atomic E-state index is 13.5. The van der Waals surface area contributed by atoms with Gasteiger partial charge in [-0.2, -0.15) is 5.10 Å². The third-order valence-electron chi connectivity index (χ3n) is 6.64. The molecule has 5 heterocycles. The summed E-state index contributed by atoms with van der Waals surface area (Å²) >= 11 is 1.47. The number of aromatic nitrogens is 3. The van der Waals surface area contributed by atoms with Crippen molar-refractivity contribution in [2.75, 3.05) is 24.5 Å². The lowest BCUT2D eigenvalue weighted by molar-refractivity contribution is -0.116. The zero-order valence-electron chi connectivity index (χ0n) is 19.2. The van der Waals surface area contributed by atoms with Crippen LogP contribution in [0.3, 0.4) is 0 Å². The van der Waals surface area contributed by atoms with E-state index in [1.165, 1.54) is 11.3 Å². The van der Waals surface area contributed by atoms with Crippen molar-refractivity contribution in [1.82, 2.24) is 19.5 Å². The number of aryl methyl sites for hydroxylation is 1. The predicted molar refractivity (Wildman–Crippen MR) is 129 cm³/mol. The number of rotatable bonds is 5. The van der Waals surface area contributed by atoms with Crippen LogP contribution in [0.25, 0.3) is 5.65 Å². The van der Waals surface area contributed by atoms with Gasteiger partial charge in [0.05, 0.1) is 17.3 Å². The fraction of sp³-hybridized carbons (Fsp3) is 0.500. The van der Waals surface area contributed by atoms with Crippen LogP contribution in [-0.2, 0) is 11.2 Å². The highest BCUT2D eigenvalue weighted by Gasteiger charge is 2.32. The van der Waals surface area contributed by atoms with Gasteiger partial charge in [-0.3, -0.25) is 9.59 Å². The van der Waals surface area contributed by atoms with Crippen LogP contribution in [0.5, 0.6) is 0 Å². The maximum atomic E-state index is 13.5. The number of carbonyl (C=O) groups is 2. The Labute approximate surface area is 197 Å². The summed E-state index contributed by atoms with van der Waals surface area (Å²) in [7, 11) is 0. The summed E-state index contributed by atoms with van der Waals surface area (Å²) in [6, 6.07) is 3.95. The van der Waals surface area contributed by atoms with E-state index in [0.29, 0.717) is 18.5 Å². The second kappa shape index (κ2) is 8.87. The van der Waals surface area contributed by atoms with Crippen LogP contribution < -0.4 is 10.6 Å².